The summed E-state index contributed by atoms with van der Waals surface area (Å²) in [7, 11) is 3.16. The van der Waals surface area contributed by atoms with Gasteiger partial charge in [0.25, 0.3) is 0 Å². The number of carbonyl (C=O) groups excluding carboxylic acids is 3. The van der Waals surface area contributed by atoms with E-state index in [1.54, 1.807) is 20.3 Å². The zero-order valence-electron chi connectivity index (χ0n) is 24.1. The molecular weight excluding hydrogens is 514 g/mol. The second-order valence-corrected chi connectivity index (χ2v) is 11.0. The summed E-state index contributed by atoms with van der Waals surface area (Å²) < 4.78 is 16.4. The van der Waals surface area contributed by atoms with E-state index in [0.717, 1.165) is 57.3 Å². The molecule has 10 heteroatoms. The van der Waals surface area contributed by atoms with Crippen LogP contribution in [0.3, 0.4) is 0 Å². The smallest absolute Gasteiger partial charge is 0.342 e. The second-order valence-electron chi connectivity index (χ2n) is 11.0. The SMILES string of the molecule is COc1cc(OC)c2c(c1)[C@@H](CCCCCCCCCN1CCC(N3CCC(=O)N(CCO)C3=O)CC1)OC2=O. The van der Waals surface area contributed by atoms with Gasteiger partial charge in [-0.05, 0) is 44.7 Å². The number of ether oxygens (including phenoxy) is 3. The van der Waals surface area contributed by atoms with Gasteiger partial charge in [-0.1, -0.05) is 32.1 Å². The largest absolute Gasteiger partial charge is 0.497 e. The number of rotatable bonds is 15. The lowest BCUT2D eigenvalue weighted by Gasteiger charge is -2.42. The monoisotopic (exact) mass is 559 g/mol. The highest BCUT2D eigenvalue weighted by molar-refractivity contribution is 5.97. The number of esters is 1. The molecule has 3 aliphatic rings. The van der Waals surface area contributed by atoms with Crippen molar-refractivity contribution in [3.63, 3.8) is 0 Å². The Balaban J connectivity index is 1.05. The van der Waals surface area contributed by atoms with Crippen LogP contribution in [0.5, 0.6) is 11.5 Å². The summed E-state index contributed by atoms with van der Waals surface area (Å²) in [6.45, 7) is 3.44. The molecule has 0 radical (unpaired) electrons. The maximum absolute atomic E-state index is 12.7. The van der Waals surface area contributed by atoms with Crippen LogP contribution < -0.4 is 9.47 Å². The maximum Gasteiger partial charge on any atom is 0.342 e. The van der Waals surface area contributed by atoms with Crippen molar-refractivity contribution in [2.75, 3.05) is 53.6 Å². The van der Waals surface area contributed by atoms with Crippen molar-refractivity contribution in [1.29, 1.82) is 0 Å². The van der Waals surface area contributed by atoms with E-state index in [0.29, 0.717) is 30.0 Å². The molecule has 0 bridgehead atoms. The van der Waals surface area contributed by atoms with Gasteiger partial charge in [0.15, 0.2) is 0 Å². The number of unbranched alkanes of at least 4 members (excludes halogenated alkanes) is 6. The van der Waals surface area contributed by atoms with E-state index >= 15 is 0 Å². The van der Waals surface area contributed by atoms with Crippen LogP contribution in [0.15, 0.2) is 12.1 Å². The molecule has 0 unspecified atom stereocenters. The molecule has 0 spiro atoms. The number of nitrogens with zero attached hydrogens (tertiary/aromatic N) is 3. The van der Waals surface area contributed by atoms with Crippen LogP contribution in [0.25, 0.3) is 0 Å². The fraction of sp³-hybridized carbons (Fsp3) is 0.700. The molecule has 0 saturated carbocycles. The second kappa shape index (κ2) is 14.7. The topological polar surface area (TPSA) is 109 Å². The minimum absolute atomic E-state index is 0.0861. The number of hydrogen-bond donors (Lipinski definition) is 1. The Labute approximate surface area is 237 Å². The first kappa shape index (κ1) is 30.1. The summed E-state index contributed by atoms with van der Waals surface area (Å²) in [4.78, 5) is 42.6. The number of aliphatic hydroxyl groups is 1. The van der Waals surface area contributed by atoms with Gasteiger partial charge in [0.1, 0.15) is 23.2 Å². The fourth-order valence-corrected chi connectivity index (χ4v) is 6.20. The van der Waals surface area contributed by atoms with E-state index in [1.165, 1.54) is 37.0 Å². The number of aliphatic hydroxyl groups excluding tert-OH is 1. The molecule has 4 rings (SSSR count). The molecule has 10 nitrogen and oxygen atoms in total. The van der Waals surface area contributed by atoms with Crippen LogP contribution in [0, 0.1) is 0 Å². The Morgan fingerprint density at radius 1 is 0.900 bits per heavy atom. The van der Waals surface area contributed by atoms with E-state index < -0.39 is 0 Å². The van der Waals surface area contributed by atoms with E-state index in [-0.39, 0.29) is 43.2 Å². The molecule has 3 heterocycles. The summed E-state index contributed by atoms with van der Waals surface area (Å²) >= 11 is 0. The van der Waals surface area contributed by atoms with Crippen LogP contribution in [-0.4, -0.2) is 97.3 Å². The lowest BCUT2D eigenvalue weighted by Crippen LogP contribution is -2.58. The molecule has 3 amide bonds. The molecule has 222 valence electrons. The number of amides is 3. The quantitative estimate of drug-likeness (QED) is 0.252. The van der Waals surface area contributed by atoms with Gasteiger partial charge in [-0.2, -0.15) is 0 Å². The molecule has 2 fully saturated rings. The summed E-state index contributed by atoms with van der Waals surface area (Å²) in [6.07, 6.45) is 11.0. The first-order valence-electron chi connectivity index (χ1n) is 14.9. The van der Waals surface area contributed by atoms with E-state index in [2.05, 4.69) is 4.90 Å². The summed E-state index contributed by atoms with van der Waals surface area (Å²) in [5, 5.41) is 9.17. The van der Waals surface area contributed by atoms with Crippen LogP contribution in [0.4, 0.5) is 4.79 Å². The molecule has 1 atom stereocenters. The lowest BCUT2D eigenvalue weighted by molar-refractivity contribution is -0.132. The average Bonchev–Trinajstić information content (AvgIpc) is 3.29. The van der Waals surface area contributed by atoms with Crippen LogP contribution in [-0.2, 0) is 9.53 Å². The third kappa shape index (κ3) is 7.26. The number of fused-ring (bicyclic) bond motifs is 1. The van der Waals surface area contributed by atoms with Crippen molar-refractivity contribution in [3.8, 4) is 11.5 Å². The van der Waals surface area contributed by atoms with Crippen molar-refractivity contribution in [3.05, 3.63) is 23.3 Å². The summed E-state index contributed by atoms with van der Waals surface area (Å²) in [5.41, 5.74) is 1.39. The van der Waals surface area contributed by atoms with Gasteiger partial charge in [-0.3, -0.25) is 9.69 Å². The van der Waals surface area contributed by atoms with Crippen molar-refractivity contribution >= 4 is 17.9 Å². The zero-order valence-corrected chi connectivity index (χ0v) is 24.1. The molecule has 40 heavy (non-hydrogen) atoms. The van der Waals surface area contributed by atoms with Gasteiger partial charge >= 0.3 is 12.0 Å². The van der Waals surface area contributed by atoms with Gasteiger partial charge in [0.2, 0.25) is 5.91 Å². The molecule has 1 aromatic carbocycles. The Morgan fingerprint density at radius 3 is 2.27 bits per heavy atom. The number of benzene rings is 1. The highest BCUT2D eigenvalue weighted by atomic mass is 16.6. The van der Waals surface area contributed by atoms with Gasteiger partial charge in [-0.15, -0.1) is 0 Å². The van der Waals surface area contributed by atoms with Crippen molar-refractivity contribution in [2.24, 2.45) is 0 Å². The number of imide groups is 1. The number of urea groups is 1. The standard InChI is InChI=1S/C30H45N3O7/c1-38-23-20-24-25(40-29(36)28(24)26(21-23)39-2)10-8-6-4-3-5-7-9-14-31-15-11-22(12-16-31)32-17-13-27(35)33(18-19-34)30(32)37/h20-22,25,34H,3-19H2,1-2H3/t25-/m1/s1. The Hall–Kier alpha value is -2.85. The van der Waals surface area contributed by atoms with E-state index in [1.807, 2.05) is 11.0 Å². The van der Waals surface area contributed by atoms with Crippen molar-refractivity contribution in [2.45, 2.75) is 82.8 Å². The summed E-state index contributed by atoms with van der Waals surface area (Å²) in [6, 6.07) is 3.56. The average molecular weight is 560 g/mol. The van der Waals surface area contributed by atoms with Crippen molar-refractivity contribution in [1.82, 2.24) is 14.7 Å². The van der Waals surface area contributed by atoms with Gasteiger partial charge in [0.05, 0.1) is 27.4 Å². The first-order chi connectivity index (χ1) is 19.5. The van der Waals surface area contributed by atoms with Crippen LogP contribution >= 0.6 is 0 Å². The normalized spacial score (nSPS) is 20.2. The van der Waals surface area contributed by atoms with E-state index in [9.17, 15) is 19.5 Å². The van der Waals surface area contributed by atoms with Crippen LogP contribution in [0.1, 0.15) is 92.7 Å². The predicted octanol–water partition coefficient (Wildman–Crippen LogP) is 4.15. The number of carbonyl (C=O) groups is 3. The maximum atomic E-state index is 12.7. The highest BCUT2D eigenvalue weighted by Crippen LogP contribution is 2.41. The number of methoxy groups -OCH3 is 2. The number of cyclic esters (lactones) is 1. The molecule has 2 saturated heterocycles. The highest BCUT2D eigenvalue weighted by Gasteiger charge is 2.37. The van der Waals surface area contributed by atoms with Gasteiger partial charge in [-0.25, -0.2) is 9.59 Å². The molecule has 0 aromatic heterocycles. The Bertz CT molecular complexity index is 1020. The van der Waals surface area contributed by atoms with Gasteiger partial charge < -0.3 is 29.1 Å². The first-order valence-corrected chi connectivity index (χ1v) is 14.9. The van der Waals surface area contributed by atoms with E-state index in [4.69, 9.17) is 14.2 Å². The number of hydrogen-bond acceptors (Lipinski definition) is 8. The number of β-amino-alcohol motifs (C(OH)–C–C–N with tert-alkyl or cyclic N) is 1. The molecule has 0 aliphatic carbocycles. The minimum Gasteiger partial charge on any atom is -0.497 e. The molecule has 1 N–H and O–H groups in total. The molecule has 3 aliphatic heterocycles. The molecule has 1 aromatic rings. The summed E-state index contributed by atoms with van der Waals surface area (Å²) in [5.74, 6) is 0.681. The van der Waals surface area contributed by atoms with Crippen molar-refractivity contribution < 1.29 is 33.7 Å². The number of piperidine rings is 1. The minimum atomic E-state index is -0.315. The van der Waals surface area contributed by atoms with Crippen LogP contribution in [0.2, 0.25) is 0 Å². The third-order valence-electron chi connectivity index (χ3n) is 8.47. The number of likely N-dealkylation sites (tertiary alicyclic amines) is 1. The lowest BCUT2D eigenvalue weighted by atomic mass is 9.98. The molecular formula is C30H45N3O7. The third-order valence-corrected chi connectivity index (χ3v) is 8.47. The fourth-order valence-electron chi connectivity index (χ4n) is 6.20. The Morgan fingerprint density at radius 2 is 1.60 bits per heavy atom. The zero-order chi connectivity index (χ0) is 28.5. The van der Waals surface area contributed by atoms with Gasteiger partial charge in [0, 0.05) is 43.7 Å². The Kier molecular flexibility index (Phi) is 11.1. The predicted molar refractivity (Wildman–Crippen MR) is 150 cm³/mol.